The van der Waals surface area contributed by atoms with Crippen molar-refractivity contribution >= 4 is 23.9 Å². The Morgan fingerprint density at radius 2 is 1.59 bits per heavy atom. The number of amides is 3. The average molecular weight is 608 g/mol. The van der Waals surface area contributed by atoms with Gasteiger partial charge in [0.05, 0.1) is 30.8 Å². The lowest BCUT2D eigenvalue weighted by atomic mass is 10.0. The maximum Gasteiger partial charge on any atom is 0.407 e. The number of hydrogen-bond acceptors (Lipinski definition) is 10. The Bertz CT molecular complexity index is 1440. The average Bonchev–Trinajstić information content (AvgIpc) is 3.61. The normalized spacial score (nSPS) is 13.7. The lowest BCUT2D eigenvalue weighted by Crippen LogP contribution is -2.40. The van der Waals surface area contributed by atoms with E-state index in [1.165, 1.54) is 0 Å². The first kappa shape index (κ1) is 32.3. The molecule has 3 amide bonds. The van der Waals surface area contributed by atoms with E-state index in [9.17, 15) is 19.2 Å². The van der Waals surface area contributed by atoms with Crippen LogP contribution in [0.15, 0.2) is 54.6 Å². The number of ether oxygens (including phenoxy) is 3. The first-order valence-corrected chi connectivity index (χ1v) is 14.2. The van der Waals surface area contributed by atoms with E-state index in [0.29, 0.717) is 16.7 Å². The van der Waals surface area contributed by atoms with Crippen LogP contribution in [0, 0.1) is 0 Å². The van der Waals surface area contributed by atoms with Gasteiger partial charge in [-0.15, -0.1) is 5.06 Å². The van der Waals surface area contributed by atoms with Gasteiger partial charge in [-0.1, -0.05) is 54.6 Å². The number of aromatic nitrogens is 3. The van der Waals surface area contributed by atoms with Gasteiger partial charge in [0.1, 0.15) is 6.61 Å². The van der Waals surface area contributed by atoms with Gasteiger partial charge < -0.3 is 24.4 Å². The lowest BCUT2D eigenvalue weighted by molar-refractivity contribution is -0.202. The van der Waals surface area contributed by atoms with Crippen molar-refractivity contribution in [2.75, 3.05) is 19.8 Å². The monoisotopic (exact) mass is 607 g/mol. The molecule has 1 saturated heterocycles. The van der Waals surface area contributed by atoms with Crippen molar-refractivity contribution in [3.63, 3.8) is 0 Å². The fraction of sp³-hybridized carbons (Fsp3) is 0.419. The summed E-state index contributed by atoms with van der Waals surface area (Å²) in [6, 6.07) is 17.1. The first-order valence-electron chi connectivity index (χ1n) is 14.2. The number of nitrogens with one attached hydrogen (secondary N) is 2. The second-order valence-electron chi connectivity index (χ2n) is 11.5. The number of H-pyrrole nitrogens is 1. The van der Waals surface area contributed by atoms with Gasteiger partial charge in [-0.25, -0.2) is 14.6 Å². The number of rotatable bonds is 14. The fourth-order valence-electron chi connectivity index (χ4n) is 4.15. The molecule has 0 atom stereocenters. The van der Waals surface area contributed by atoms with E-state index < -0.39 is 35.1 Å². The van der Waals surface area contributed by atoms with Crippen LogP contribution in [0.5, 0.6) is 0 Å². The zero-order valence-corrected chi connectivity index (χ0v) is 25.3. The van der Waals surface area contributed by atoms with Gasteiger partial charge in [0, 0.05) is 30.5 Å². The van der Waals surface area contributed by atoms with Gasteiger partial charge in [0.2, 0.25) is 0 Å². The van der Waals surface area contributed by atoms with E-state index in [2.05, 4.69) is 20.5 Å². The number of hydrogen-bond donors (Lipinski definition) is 2. The minimum absolute atomic E-state index is 0.0279. The van der Waals surface area contributed by atoms with Crippen LogP contribution in [0.25, 0.3) is 22.8 Å². The molecule has 44 heavy (non-hydrogen) atoms. The minimum atomic E-state index is -0.941. The van der Waals surface area contributed by atoms with E-state index >= 15 is 0 Å². The summed E-state index contributed by atoms with van der Waals surface area (Å²) in [5.74, 6) is -0.568. The third-order valence-corrected chi connectivity index (χ3v) is 6.56. The summed E-state index contributed by atoms with van der Waals surface area (Å²) in [5, 5.41) is 10.4. The molecule has 0 spiro atoms. The van der Waals surface area contributed by atoms with E-state index in [0.717, 1.165) is 16.7 Å². The van der Waals surface area contributed by atoms with Gasteiger partial charge >= 0.3 is 12.1 Å². The molecule has 0 bridgehead atoms. The Hall–Kier alpha value is -4.62. The molecule has 1 aromatic heterocycles. The number of aromatic amines is 1. The second-order valence-corrected chi connectivity index (χ2v) is 11.5. The largest absolute Gasteiger partial charge is 0.445 e. The molecule has 2 aromatic carbocycles. The smallest absolute Gasteiger partial charge is 0.407 e. The van der Waals surface area contributed by atoms with Gasteiger partial charge in [-0.2, -0.15) is 5.10 Å². The predicted octanol–water partition coefficient (Wildman–Crippen LogP) is 3.95. The number of alkyl carbamates (subject to hydrolysis) is 1. The highest BCUT2D eigenvalue weighted by Gasteiger charge is 2.35. The van der Waals surface area contributed by atoms with Crippen LogP contribution >= 0.6 is 0 Å². The summed E-state index contributed by atoms with van der Waals surface area (Å²) in [7, 11) is 0. The van der Waals surface area contributed by atoms with Crippen molar-refractivity contribution < 1.29 is 38.2 Å². The molecule has 13 nitrogen and oxygen atoms in total. The third-order valence-electron chi connectivity index (χ3n) is 6.56. The van der Waals surface area contributed by atoms with Crippen molar-refractivity contribution in [1.82, 2.24) is 25.6 Å². The number of nitrogens with zero attached hydrogens (tertiary/aromatic N) is 3. The van der Waals surface area contributed by atoms with E-state index in [4.69, 9.17) is 19.0 Å². The first-order chi connectivity index (χ1) is 20.9. The Morgan fingerprint density at radius 1 is 0.909 bits per heavy atom. The molecule has 234 valence electrons. The molecule has 3 aromatic rings. The maximum absolute atomic E-state index is 12.2. The SMILES string of the molecule is CC(C)(COC(C)(C)CC(=O)ON1C(=O)CCC1=O)OCCNC(=O)OCc1ccc(-c2nc(-c3ccccc3)n[nH]2)cc1. The standard InChI is InChI=1S/C31H37N5O8/c1-30(2,18-26(39)44-36-24(37)14-15-25(36)38)43-20-31(3,4)42-17-16-32-29(40)41-19-21-10-12-23(13-11-21)28-33-27(34-35-28)22-8-6-5-7-9-22/h5-13H,14-20H2,1-4H3,(H,32,40)(H,33,34,35). The molecule has 2 N–H and O–H groups in total. The van der Waals surface area contributed by atoms with E-state index in [-0.39, 0.29) is 45.6 Å². The van der Waals surface area contributed by atoms with Crippen LogP contribution in [0.2, 0.25) is 0 Å². The molecule has 1 fully saturated rings. The topological polar surface area (TPSA) is 162 Å². The van der Waals surface area contributed by atoms with E-state index in [1.807, 2.05) is 68.4 Å². The molecule has 0 saturated carbocycles. The predicted molar refractivity (Wildman–Crippen MR) is 157 cm³/mol. The molecule has 13 heteroatoms. The number of hydroxylamine groups is 2. The fourth-order valence-corrected chi connectivity index (χ4v) is 4.15. The van der Waals surface area contributed by atoms with E-state index in [1.54, 1.807) is 13.8 Å². The number of carbonyl (C=O) groups is 4. The second kappa shape index (κ2) is 14.2. The van der Waals surface area contributed by atoms with Crippen LogP contribution < -0.4 is 5.32 Å². The van der Waals surface area contributed by atoms with Crippen LogP contribution in [0.1, 0.15) is 52.5 Å². The summed E-state index contributed by atoms with van der Waals surface area (Å²) in [4.78, 5) is 57.2. The number of benzene rings is 2. The van der Waals surface area contributed by atoms with Crippen molar-refractivity contribution in [1.29, 1.82) is 0 Å². The van der Waals surface area contributed by atoms with Crippen LogP contribution in [0.3, 0.4) is 0 Å². The molecule has 1 aliphatic heterocycles. The summed E-state index contributed by atoms with van der Waals surface area (Å²) in [6.45, 7) is 7.65. The summed E-state index contributed by atoms with van der Waals surface area (Å²) in [6.07, 6.45) is -0.699. The van der Waals surface area contributed by atoms with Gasteiger partial charge in [0.25, 0.3) is 11.8 Å². The van der Waals surface area contributed by atoms with Crippen molar-refractivity contribution in [2.45, 2.75) is 64.8 Å². The van der Waals surface area contributed by atoms with Crippen molar-refractivity contribution in [2.24, 2.45) is 0 Å². The minimum Gasteiger partial charge on any atom is -0.445 e. The van der Waals surface area contributed by atoms with Gasteiger partial charge in [-0.05, 0) is 33.3 Å². The van der Waals surface area contributed by atoms with Crippen molar-refractivity contribution in [3.05, 3.63) is 60.2 Å². The molecule has 0 radical (unpaired) electrons. The Morgan fingerprint density at radius 3 is 2.27 bits per heavy atom. The summed E-state index contributed by atoms with van der Waals surface area (Å²) >= 11 is 0. The molecule has 2 heterocycles. The molecular weight excluding hydrogens is 570 g/mol. The highest BCUT2D eigenvalue weighted by atomic mass is 16.7. The molecule has 0 aliphatic carbocycles. The maximum atomic E-state index is 12.2. The molecular formula is C31H37N5O8. The van der Waals surface area contributed by atoms with Crippen molar-refractivity contribution in [3.8, 4) is 22.8 Å². The highest BCUT2D eigenvalue weighted by Crippen LogP contribution is 2.22. The number of carbonyl (C=O) groups excluding carboxylic acids is 4. The quantitative estimate of drug-likeness (QED) is 0.203. The van der Waals surface area contributed by atoms with Crippen LogP contribution in [-0.2, 0) is 40.0 Å². The van der Waals surface area contributed by atoms with Gasteiger partial charge in [-0.3, -0.25) is 14.7 Å². The lowest BCUT2D eigenvalue weighted by Gasteiger charge is -2.31. The van der Waals surface area contributed by atoms with Crippen LogP contribution in [0.4, 0.5) is 4.79 Å². The molecule has 4 rings (SSSR count). The number of imide groups is 1. The summed E-state index contributed by atoms with van der Waals surface area (Å²) < 4.78 is 17.0. The zero-order chi connectivity index (χ0) is 31.7. The Labute approximate surface area is 255 Å². The summed E-state index contributed by atoms with van der Waals surface area (Å²) in [5.41, 5.74) is 0.913. The van der Waals surface area contributed by atoms with Crippen LogP contribution in [-0.4, -0.2) is 75.1 Å². The molecule has 1 aliphatic rings. The molecule has 0 unspecified atom stereocenters. The van der Waals surface area contributed by atoms with Gasteiger partial charge in [0.15, 0.2) is 11.6 Å². The third kappa shape index (κ3) is 9.44. The Balaban J connectivity index is 1.12. The zero-order valence-electron chi connectivity index (χ0n) is 25.3. The Kier molecular flexibility index (Phi) is 10.4. The highest BCUT2D eigenvalue weighted by molar-refractivity contribution is 6.01.